The molecule has 1 aliphatic rings. The number of aromatic amines is 3. The van der Waals surface area contributed by atoms with Gasteiger partial charge < -0.3 is 0 Å². The molecule has 2 aromatic heterocycles. The Morgan fingerprint density at radius 3 is 2.39 bits per heavy atom. The SMILES string of the molecule is O=c1[nH]c2[nH]c(=O)n(C3CCCCC3)c(=O)c2[nH]1. The number of rotatable bonds is 1. The summed E-state index contributed by atoms with van der Waals surface area (Å²) in [6.07, 6.45) is 4.87. The monoisotopic (exact) mass is 250 g/mol. The van der Waals surface area contributed by atoms with Crippen LogP contribution in [0, 0.1) is 0 Å². The number of nitrogens with one attached hydrogen (secondary N) is 3. The third-order valence-corrected chi connectivity index (χ3v) is 3.55. The second kappa shape index (κ2) is 4.01. The first-order valence-corrected chi connectivity index (χ1v) is 6.13. The molecule has 3 rings (SSSR count). The van der Waals surface area contributed by atoms with Gasteiger partial charge in [-0.2, -0.15) is 0 Å². The Kier molecular flexibility index (Phi) is 2.46. The van der Waals surface area contributed by atoms with E-state index in [1.807, 2.05) is 0 Å². The molecule has 1 aliphatic carbocycles. The van der Waals surface area contributed by atoms with Gasteiger partial charge >= 0.3 is 11.4 Å². The van der Waals surface area contributed by atoms with E-state index in [0.717, 1.165) is 32.1 Å². The van der Waals surface area contributed by atoms with Crippen LogP contribution in [-0.2, 0) is 0 Å². The summed E-state index contributed by atoms with van der Waals surface area (Å²) in [7, 11) is 0. The first kappa shape index (κ1) is 11.1. The lowest BCUT2D eigenvalue weighted by Crippen LogP contribution is -2.38. The van der Waals surface area contributed by atoms with Gasteiger partial charge in [0, 0.05) is 6.04 Å². The number of nitrogens with zero attached hydrogens (tertiary/aromatic N) is 1. The molecule has 0 spiro atoms. The summed E-state index contributed by atoms with van der Waals surface area (Å²) in [6, 6.07) is -0.0576. The highest BCUT2D eigenvalue weighted by Gasteiger charge is 2.20. The van der Waals surface area contributed by atoms with E-state index in [9.17, 15) is 14.4 Å². The summed E-state index contributed by atoms with van der Waals surface area (Å²) in [5, 5.41) is 0. The Morgan fingerprint density at radius 1 is 0.944 bits per heavy atom. The van der Waals surface area contributed by atoms with Crippen molar-refractivity contribution in [3.8, 4) is 0 Å². The summed E-state index contributed by atoms with van der Waals surface area (Å²) < 4.78 is 1.24. The Balaban J connectivity index is 2.25. The largest absolute Gasteiger partial charge is 0.330 e. The first-order chi connectivity index (χ1) is 8.66. The summed E-state index contributed by atoms with van der Waals surface area (Å²) in [5.41, 5.74) is -1.04. The standard InChI is InChI=1S/C11H14N4O3/c16-9-7-8(13-10(17)12-7)14-11(18)15(9)6-4-2-1-3-5-6/h6H,1-5H2,(H,14,18)(H2,12,13,17). The van der Waals surface area contributed by atoms with Crippen molar-refractivity contribution in [3.63, 3.8) is 0 Å². The summed E-state index contributed by atoms with van der Waals surface area (Å²) in [6.45, 7) is 0. The molecule has 0 bridgehead atoms. The minimum atomic E-state index is -0.487. The molecular formula is C11H14N4O3. The van der Waals surface area contributed by atoms with Gasteiger partial charge in [0.15, 0.2) is 5.52 Å². The van der Waals surface area contributed by atoms with Crippen LogP contribution in [0.25, 0.3) is 11.2 Å². The van der Waals surface area contributed by atoms with E-state index < -0.39 is 16.9 Å². The van der Waals surface area contributed by atoms with E-state index in [-0.39, 0.29) is 17.2 Å². The minimum Gasteiger partial charge on any atom is -0.300 e. The van der Waals surface area contributed by atoms with Crippen LogP contribution >= 0.6 is 0 Å². The Bertz CT molecular complexity index is 742. The van der Waals surface area contributed by atoms with Crippen LogP contribution in [0.15, 0.2) is 14.4 Å². The van der Waals surface area contributed by atoms with Crippen molar-refractivity contribution in [2.24, 2.45) is 0 Å². The summed E-state index contributed by atoms with van der Waals surface area (Å²) in [5.74, 6) is 0. The molecule has 7 nitrogen and oxygen atoms in total. The van der Waals surface area contributed by atoms with Gasteiger partial charge in [-0.05, 0) is 12.8 Å². The average Bonchev–Trinajstić information content (AvgIpc) is 2.71. The van der Waals surface area contributed by atoms with Crippen LogP contribution in [0.3, 0.4) is 0 Å². The Labute approximate surface area is 101 Å². The van der Waals surface area contributed by atoms with Crippen molar-refractivity contribution < 1.29 is 0 Å². The molecule has 96 valence electrons. The molecule has 0 aliphatic heterocycles. The van der Waals surface area contributed by atoms with Crippen molar-refractivity contribution in [1.29, 1.82) is 0 Å². The Morgan fingerprint density at radius 2 is 1.67 bits per heavy atom. The number of hydrogen-bond donors (Lipinski definition) is 3. The van der Waals surface area contributed by atoms with Crippen LogP contribution in [0.5, 0.6) is 0 Å². The van der Waals surface area contributed by atoms with Crippen LogP contribution in [-0.4, -0.2) is 19.5 Å². The van der Waals surface area contributed by atoms with Crippen molar-refractivity contribution in [3.05, 3.63) is 31.3 Å². The normalized spacial score (nSPS) is 17.3. The van der Waals surface area contributed by atoms with Gasteiger partial charge in [-0.15, -0.1) is 0 Å². The third-order valence-electron chi connectivity index (χ3n) is 3.55. The predicted molar refractivity (Wildman–Crippen MR) is 65.9 cm³/mol. The highest BCUT2D eigenvalue weighted by Crippen LogP contribution is 2.25. The molecule has 0 saturated heterocycles. The van der Waals surface area contributed by atoms with Gasteiger partial charge in [-0.25, -0.2) is 9.59 Å². The summed E-state index contributed by atoms with van der Waals surface area (Å²) >= 11 is 0. The fourth-order valence-electron chi connectivity index (χ4n) is 2.69. The smallest absolute Gasteiger partial charge is 0.300 e. The maximum absolute atomic E-state index is 12.2. The van der Waals surface area contributed by atoms with Gasteiger partial charge in [-0.1, -0.05) is 19.3 Å². The zero-order valence-electron chi connectivity index (χ0n) is 9.78. The number of H-pyrrole nitrogens is 3. The van der Waals surface area contributed by atoms with Crippen molar-refractivity contribution in [2.75, 3.05) is 0 Å². The van der Waals surface area contributed by atoms with Crippen molar-refractivity contribution >= 4 is 11.2 Å². The molecule has 0 amide bonds. The highest BCUT2D eigenvalue weighted by atomic mass is 16.2. The second-order valence-corrected chi connectivity index (χ2v) is 4.73. The second-order valence-electron chi connectivity index (χ2n) is 4.73. The fraction of sp³-hybridized carbons (Fsp3) is 0.545. The molecular weight excluding hydrogens is 236 g/mol. The lowest BCUT2D eigenvalue weighted by atomic mass is 9.95. The fourth-order valence-corrected chi connectivity index (χ4v) is 2.69. The van der Waals surface area contributed by atoms with Crippen molar-refractivity contribution in [2.45, 2.75) is 38.1 Å². The topological polar surface area (TPSA) is 104 Å². The average molecular weight is 250 g/mol. The number of aromatic nitrogens is 4. The van der Waals surface area contributed by atoms with Gasteiger partial charge in [0.05, 0.1) is 0 Å². The third kappa shape index (κ3) is 1.62. The Hall–Kier alpha value is -2.05. The summed E-state index contributed by atoms with van der Waals surface area (Å²) in [4.78, 5) is 42.7. The van der Waals surface area contributed by atoms with Gasteiger partial charge in [0.2, 0.25) is 0 Å². The van der Waals surface area contributed by atoms with Crippen LogP contribution in [0.4, 0.5) is 0 Å². The zero-order valence-corrected chi connectivity index (χ0v) is 9.78. The van der Waals surface area contributed by atoms with E-state index in [2.05, 4.69) is 15.0 Å². The maximum Gasteiger partial charge on any atom is 0.330 e. The molecule has 0 atom stereocenters. The lowest BCUT2D eigenvalue weighted by Gasteiger charge is -2.22. The van der Waals surface area contributed by atoms with E-state index in [0.29, 0.717) is 0 Å². The van der Waals surface area contributed by atoms with E-state index in [1.54, 1.807) is 0 Å². The lowest BCUT2D eigenvalue weighted by molar-refractivity contribution is 0.338. The van der Waals surface area contributed by atoms with E-state index in [4.69, 9.17) is 0 Å². The number of hydrogen-bond acceptors (Lipinski definition) is 3. The maximum atomic E-state index is 12.2. The highest BCUT2D eigenvalue weighted by molar-refractivity contribution is 5.67. The molecule has 3 N–H and O–H groups in total. The molecule has 1 fully saturated rings. The predicted octanol–water partition coefficient (Wildman–Crippen LogP) is 0.211. The molecule has 2 heterocycles. The quantitative estimate of drug-likeness (QED) is 0.674. The van der Waals surface area contributed by atoms with Crippen LogP contribution < -0.4 is 16.9 Å². The number of fused-ring (bicyclic) bond motifs is 1. The van der Waals surface area contributed by atoms with E-state index >= 15 is 0 Å². The molecule has 7 heteroatoms. The van der Waals surface area contributed by atoms with Crippen LogP contribution in [0.1, 0.15) is 38.1 Å². The van der Waals surface area contributed by atoms with Gasteiger partial charge in [0.1, 0.15) is 5.65 Å². The molecule has 0 radical (unpaired) electrons. The van der Waals surface area contributed by atoms with Gasteiger partial charge in [0.25, 0.3) is 5.56 Å². The molecule has 1 saturated carbocycles. The first-order valence-electron chi connectivity index (χ1n) is 6.13. The van der Waals surface area contributed by atoms with E-state index in [1.165, 1.54) is 4.57 Å². The minimum absolute atomic E-state index is 0.0576. The van der Waals surface area contributed by atoms with Crippen molar-refractivity contribution in [1.82, 2.24) is 19.5 Å². The molecule has 2 aromatic rings. The van der Waals surface area contributed by atoms with Gasteiger partial charge in [-0.3, -0.25) is 24.3 Å². The zero-order chi connectivity index (χ0) is 12.7. The number of imidazole rings is 1. The molecule has 18 heavy (non-hydrogen) atoms. The molecule has 0 unspecified atom stereocenters. The molecule has 0 aromatic carbocycles. The van der Waals surface area contributed by atoms with Crippen LogP contribution in [0.2, 0.25) is 0 Å².